The monoisotopic (exact) mass is 400 g/mol. The minimum absolute atomic E-state index is 0.266. The van der Waals surface area contributed by atoms with Crippen molar-refractivity contribution >= 4 is 18.0 Å². The summed E-state index contributed by atoms with van der Waals surface area (Å²) in [6, 6.07) is 22.0. The Labute approximate surface area is 178 Å². The Balaban J connectivity index is 1.65. The van der Waals surface area contributed by atoms with Crippen molar-refractivity contribution < 1.29 is 9.53 Å². The molecular formula is C26H28N2O2. The third-order valence-electron chi connectivity index (χ3n) is 4.92. The zero-order valence-corrected chi connectivity index (χ0v) is 18.1. The summed E-state index contributed by atoms with van der Waals surface area (Å²) < 4.78 is 5.51. The Morgan fingerprint density at radius 2 is 1.63 bits per heavy atom. The fraction of sp³-hybridized carbons (Fsp3) is 0.231. The molecule has 0 saturated heterocycles. The molecule has 0 fully saturated rings. The van der Waals surface area contributed by atoms with Crippen molar-refractivity contribution in [3.8, 4) is 0 Å². The van der Waals surface area contributed by atoms with Gasteiger partial charge in [-0.15, -0.1) is 0 Å². The van der Waals surface area contributed by atoms with Crippen molar-refractivity contribution in [2.24, 2.45) is 4.99 Å². The SMILES string of the molecule is Cc1ccc(COC(=O)c2cc(C)c(/N=C/N(C)Cc3ccccc3)cc2C)cc1. The second-order valence-corrected chi connectivity index (χ2v) is 7.66. The third-order valence-corrected chi connectivity index (χ3v) is 4.92. The van der Waals surface area contributed by atoms with Gasteiger partial charge >= 0.3 is 5.97 Å². The standard InChI is InChI=1S/C26H28N2O2/c1-19-10-12-23(13-11-19)17-30-26(29)24-14-21(3)25(15-20(24)2)27-18-28(4)16-22-8-6-5-7-9-22/h5-15,18H,16-17H2,1-4H3/b27-18+. The van der Waals surface area contributed by atoms with Crippen LogP contribution in [0.3, 0.4) is 0 Å². The quantitative estimate of drug-likeness (QED) is 0.288. The summed E-state index contributed by atoms with van der Waals surface area (Å²) in [7, 11) is 2.00. The molecule has 0 radical (unpaired) electrons. The number of rotatable bonds is 7. The molecule has 0 amide bonds. The number of hydrogen-bond acceptors (Lipinski definition) is 3. The summed E-state index contributed by atoms with van der Waals surface area (Å²) in [5.74, 6) is -0.312. The van der Waals surface area contributed by atoms with E-state index in [0.717, 1.165) is 28.9 Å². The van der Waals surface area contributed by atoms with Crippen LogP contribution in [-0.2, 0) is 17.9 Å². The van der Waals surface area contributed by atoms with E-state index in [1.165, 1.54) is 11.1 Å². The molecule has 4 heteroatoms. The van der Waals surface area contributed by atoms with E-state index < -0.39 is 0 Å². The van der Waals surface area contributed by atoms with Gasteiger partial charge in [0.25, 0.3) is 0 Å². The molecule has 0 spiro atoms. The van der Waals surface area contributed by atoms with E-state index in [1.54, 1.807) is 0 Å². The average Bonchev–Trinajstić information content (AvgIpc) is 2.74. The second-order valence-electron chi connectivity index (χ2n) is 7.66. The van der Waals surface area contributed by atoms with E-state index in [9.17, 15) is 4.79 Å². The Morgan fingerprint density at radius 3 is 2.33 bits per heavy atom. The highest BCUT2D eigenvalue weighted by molar-refractivity contribution is 5.92. The molecule has 0 unspecified atom stereocenters. The zero-order valence-electron chi connectivity index (χ0n) is 18.1. The lowest BCUT2D eigenvalue weighted by atomic mass is 10.0. The van der Waals surface area contributed by atoms with Gasteiger partial charge in [0, 0.05) is 13.6 Å². The van der Waals surface area contributed by atoms with Crippen molar-refractivity contribution in [3.63, 3.8) is 0 Å². The number of carbonyl (C=O) groups excluding carboxylic acids is 1. The van der Waals surface area contributed by atoms with Crippen LogP contribution in [-0.4, -0.2) is 24.3 Å². The van der Waals surface area contributed by atoms with Gasteiger partial charge in [-0.3, -0.25) is 0 Å². The largest absolute Gasteiger partial charge is 0.457 e. The Morgan fingerprint density at radius 1 is 0.933 bits per heavy atom. The molecular weight excluding hydrogens is 372 g/mol. The van der Waals surface area contributed by atoms with Crippen molar-refractivity contribution in [1.82, 2.24) is 4.90 Å². The molecule has 0 atom stereocenters. The predicted molar refractivity (Wildman–Crippen MR) is 122 cm³/mol. The Bertz CT molecular complexity index is 1020. The van der Waals surface area contributed by atoms with E-state index in [2.05, 4.69) is 17.1 Å². The molecule has 0 heterocycles. The number of esters is 1. The maximum atomic E-state index is 12.6. The normalized spacial score (nSPS) is 10.9. The summed E-state index contributed by atoms with van der Waals surface area (Å²) in [6.07, 6.45) is 1.82. The van der Waals surface area contributed by atoms with Gasteiger partial charge in [-0.2, -0.15) is 0 Å². The van der Waals surface area contributed by atoms with Gasteiger partial charge in [-0.05, 0) is 55.2 Å². The molecule has 0 N–H and O–H groups in total. The first-order valence-electron chi connectivity index (χ1n) is 10.0. The molecule has 0 saturated carbocycles. The number of benzene rings is 3. The summed E-state index contributed by atoms with van der Waals surface area (Å²) in [4.78, 5) is 19.2. The van der Waals surface area contributed by atoms with Crippen molar-refractivity contribution in [2.45, 2.75) is 33.9 Å². The fourth-order valence-electron chi connectivity index (χ4n) is 3.14. The number of aliphatic imine (C=N–C) groups is 1. The predicted octanol–water partition coefficient (Wildman–Crippen LogP) is 5.76. The first kappa shape index (κ1) is 21.3. The lowest BCUT2D eigenvalue weighted by molar-refractivity contribution is 0.0472. The molecule has 0 aliphatic carbocycles. The van der Waals surface area contributed by atoms with Crippen LogP contribution in [0.2, 0.25) is 0 Å². The summed E-state index contributed by atoms with van der Waals surface area (Å²) >= 11 is 0. The number of carbonyl (C=O) groups is 1. The van der Waals surface area contributed by atoms with E-state index in [0.29, 0.717) is 5.56 Å². The molecule has 30 heavy (non-hydrogen) atoms. The van der Waals surface area contributed by atoms with Crippen LogP contribution in [0.15, 0.2) is 71.7 Å². The molecule has 0 bridgehead atoms. The summed E-state index contributed by atoms with van der Waals surface area (Å²) in [5, 5.41) is 0. The van der Waals surface area contributed by atoms with Crippen molar-refractivity contribution in [1.29, 1.82) is 0 Å². The highest BCUT2D eigenvalue weighted by Crippen LogP contribution is 2.24. The molecule has 3 rings (SSSR count). The van der Waals surface area contributed by atoms with Crippen LogP contribution in [0, 0.1) is 20.8 Å². The Hall–Kier alpha value is -3.40. The minimum Gasteiger partial charge on any atom is -0.457 e. The van der Waals surface area contributed by atoms with Gasteiger partial charge in [0.15, 0.2) is 0 Å². The smallest absolute Gasteiger partial charge is 0.338 e. The Kier molecular flexibility index (Phi) is 7.02. The first-order valence-corrected chi connectivity index (χ1v) is 10.0. The van der Waals surface area contributed by atoms with E-state index in [4.69, 9.17) is 4.74 Å². The number of nitrogens with zero attached hydrogens (tertiary/aromatic N) is 2. The van der Waals surface area contributed by atoms with Gasteiger partial charge in [0.2, 0.25) is 0 Å². The maximum absolute atomic E-state index is 12.6. The number of aryl methyl sites for hydroxylation is 3. The van der Waals surface area contributed by atoms with Crippen LogP contribution in [0.25, 0.3) is 0 Å². The van der Waals surface area contributed by atoms with Gasteiger partial charge in [0.1, 0.15) is 6.61 Å². The van der Waals surface area contributed by atoms with Crippen LogP contribution in [0.1, 0.15) is 38.2 Å². The summed E-state index contributed by atoms with van der Waals surface area (Å²) in [5.41, 5.74) is 6.61. The lowest BCUT2D eigenvalue weighted by Gasteiger charge is -2.14. The van der Waals surface area contributed by atoms with E-state index in [1.807, 2.05) is 93.7 Å². The molecule has 3 aromatic carbocycles. The lowest BCUT2D eigenvalue weighted by Crippen LogP contribution is -2.15. The number of ether oxygens (including phenoxy) is 1. The van der Waals surface area contributed by atoms with E-state index in [-0.39, 0.29) is 12.6 Å². The first-order chi connectivity index (χ1) is 14.4. The van der Waals surface area contributed by atoms with Crippen molar-refractivity contribution in [2.75, 3.05) is 7.05 Å². The van der Waals surface area contributed by atoms with Crippen LogP contribution in [0.5, 0.6) is 0 Å². The molecule has 4 nitrogen and oxygen atoms in total. The number of hydrogen-bond donors (Lipinski definition) is 0. The zero-order chi connectivity index (χ0) is 21.5. The van der Waals surface area contributed by atoms with Gasteiger partial charge in [-0.25, -0.2) is 9.79 Å². The average molecular weight is 401 g/mol. The van der Waals surface area contributed by atoms with Gasteiger partial charge in [-0.1, -0.05) is 60.2 Å². The molecule has 0 aliphatic heterocycles. The van der Waals surface area contributed by atoms with Crippen LogP contribution in [0.4, 0.5) is 5.69 Å². The van der Waals surface area contributed by atoms with Crippen molar-refractivity contribution in [3.05, 3.63) is 100 Å². The van der Waals surface area contributed by atoms with Gasteiger partial charge in [0.05, 0.1) is 17.6 Å². The van der Waals surface area contributed by atoms with Crippen LogP contribution < -0.4 is 0 Å². The topological polar surface area (TPSA) is 41.9 Å². The molecule has 0 aliphatic rings. The highest BCUT2D eigenvalue weighted by Gasteiger charge is 2.13. The van der Waals surface area contributed by atoms with E-state index >= 15 is 0 Å². The fourth-order valence-corrected chi connectivity index (χ4v) is 3.14. The molecule has 154 valence electrons. The van der Waals surface area contributed by atoms with Crippen LogP contribution >= 0.6 is 0 Å². The summed E-state index contributed by atoms with van der Waals surface area (Å²) in [6.45, 7) is 6.95. The molecule has 0 aromatic heterocycles. The minimum atomic E-state index is -0.312. The third kappa shape index (κ3) is 5.80. The maximum Gasteiger partial charge on any atom is 0.338 e. The highest BCUT2D eigenvalue weighted by atomic mass is 16.5. The molecule has 3 aromatic rings. The van der Waals surface area contributed by atoms with Gasteiger partial charge < -0.3 is 9.64 Å². The second kappa shape index (κ2) is 9.88.